The Bertz CT molecular complexity index is 925. The summed E-state index contributed by atoms with van der Waals surface area (Å²) in [6.45, 7) is 1.08. The van der Waals surface area contributed by atoms with Crippen molar-refractivity contribution in [1.82, 2.24) is 0 Å². The largest absolute Gasteiger partial charge is 2.00 e. The molecule has 7 heteroatoms. The molecule has 0 saturated heterocycles. The molecule has 3 rings (SSSR count). The van der Waals surface area contributed by atoms with E-state index in [1.165, 1.54) is 0 Å². The van der Waals surface area contributed by atoms with Crippen LogP contribution in [0.2, 0.25) is 0 Å². The molecule has 147 valence electrons. The summed E-state index contributed by atoms with van der Waals surface area (Å²) in [7, 11) is 0. The molecule has 0 heterocycles. The second kappa shape index (κ2) is 12.1. The van der Waals surface area contributed by atoms with E-state index in [0.717, 1.165) is 6.92 Å². The van der Waals surface area contributed by atoms with Crippen molar-refractivity contribution in [3.05, 3.63) is 83.9 Å². The van der Waals surface area contributed by atoms with E-state index in [-0.39, 0.29) is 28.6 Å². The molecule has 0 amide bonds. The predicted octanol–water partition coefficient (Wildman–Crippen LogP) is 4.69. The van der Waals surface area contributed by atoms with E-state index < -0.39 is 5.97 Å². The maximum absolute atomic E-state index is 9.79. The quantitative estimate of drug-likeness (QED) is 0.412. The smallest absolute Gasteiger partial charge is 0.507 e. The summed E-state index contributed by atoms with van der Waals surface area (Å²) < 4.78 is 0. The van der Waals surface area contributed by atoms with Crippen LogP contribution in [0, 0.1) is 0 Å². The van der Waals surface area contributed by atoms with Crippen LogP contribution in [0.3, 0.4) is 0 Å². The Kier molecular flexibility index (Phi) is 9.88. The molecule has 0 aliphatic rings. The zero-order valence-electron chi connectivity index (χ0n) is 15.6. The minimum Gasteiger partial charge on any atom is -0.507 e. The molecule has 3 aromatic carbocycles. The average molecular weight is 431 g/mol. The molecule has 0 aliphatic carbocycles. The number of nitrogens with zero attached hydrogens (tertiary/aromatic N) is 2. The fraction of sp³-hybridized carbons (Fsp3) is 0.0455. The molecule has 0 spiro atoms. The van der Waals surface area contributed by atoms with Crippen molar-refractivity contribution < 1.29 is 37.2 Å². The summed E-state index contributed by atoms with van der Waals surface area (Å²) >= 11 is 0. The maximum Gasteiger partial charge on any atom is 2.00 e. The summed E-state index contributed by atoms with van der Waals surface area (Å²) in [6, 6.07) is 21.4. The van der Waals surface area contributed by atoms with E-state index >= 15 is 0 Å². The number of benzene rings is 3. The summed E-state index contributed by atoms with van der Waals surface area (Å²) in [4.78, 5) is 17.8. The van der Waals surface area contributed by atoms with Gasteiger partial charge in [0.2, 0.25) is 0 Å². The van der Waals surface area contributed by atoms with Crippen LogP contribution in [0.1, 0.15) is 18.1 Å². The molecule has 0 aromatic heterocycles. The fourth-order valence-electron chi connectivity index (χ4n) is 2.15. The van der Waals surface area contributed by atoms with E-state index in [1.807, 2.05) is 36.4 Å². The van der Waals surface area contributed by atoms with Crippen LogP contribution in [0.25, 0.3) is 0 Å². The van der Waals surface area contributed by atoms with Crippen molar-refractivity contribution in [2.75, 3.05) is 0 Å². The van der Waals surface area contributed by atoms with Crippen molar-refractivity contribution in [3.8, 4) is 11.5 Å². The van der Waals surface area contributed by atoms with E-state index in [1.54, 1.807) is 48.8 Å². The van der Waals surface area contributed by atoms with Gasteiger partial charge in [-0.3, -0.25) is 14.8 Å². The molecular formula is C22H20MnN2O4+2. The molecule has 0 atom stereocenters. The van der Waals surface area contributed by atoms with Crippen molar-refractivity contribution in [2.24, 2.45) is 9.98 Å². The zero-order valence-corrected chi connectivity index (χ0v) is 16.8. The van der Waals surface area contributed by atoms with Gasteiger partial charge in [0.05, 0.1) is 11.4 Å². The SMILES string of the molecule is CC(=O)O.Oc1ccccc1C=Nc1ccccc1N=Cc1ccccc1O.[Mn+2]. The van der Waals surface area contributed by atoms with Gasteiger partial charge in [0.15, 0.2) is 0 Å². The first-order chi connectivity index (χ1) is 13.5. The minimum absolute atomic E-state index is 0. The first kappa shape index (κ1) is 23.6. The topological polar surface area (TPSA) is 102 Å². The van der Waals surface area contributed by atoms with Gasteiger partial charge in [0.25, 0.3) is 5.97 Å². The average Bonchev–Trinajstić information content (AvgIpc) is 2.67. The third-order valence-electron chi connectivity index (χ3n) is 3.44. The summed E-state index contributed by atoms with van der Waals surface area (Å²) in [6.07, 6.45) is 3.20. The number of hydrogen-bond acceptors (Lipinski definition) is 5. The first-order valence-corrected chi connectivity index (χ1v) is 8.40. The van der Waals surface area contributed by atoms with Gasteiger partial charge in [0, 0.05) is 30.5 Å². The Morgan fingerprint density at radius 2 is 1.03 bits per heavy atom. The molecule has 0 unspecified atom stereocenters. The molecule has 0 aliphatic heterocycles. The molecule has 0 fully saturated rings. The van der Waals surface area contributed by atoms with E-state index in [0.29, 0.717) is 22.5 Å². The molecule has 6 nitrogen and oxygen atoms in total. The van der Waals surface area contributed by atoms with Crippen molar-refractivity contribution in [3.63, 3.8) is 0 Å². The number of carbonyl (C=O) groups is 1. The number of hydrogen-bond donors (Lipinski definition) is 3. The van der Waals surface area contributed by atoms with Crippen molar-refractivity contribution >= 4 is 29.8 Å². The zero-order chi connectivity index (χ0) is 20.4. The normalized spacial score (nSPS) is 10.2. The molecule has 0 saturated carbocycles. The molecule has 3 aromatic rings. The number of para-hydroxylation sites is 4. The molecular weight excluding hydrogens is 411 g/mol. The van der Waals surface area contributed by atoms with Gasteiger partial charge < -0.3 is 15.3 Å². The molecule has 29 heavy (non-hydrogen) atoms. The fourth-order valence-corrected chi connectivity index (χ4v) is 2.15. The third kappa shape index (κ3) is 8.01. The number of aliphatic carboxylic acids is 1. The second-order valence-corrected chi connectivity index (χ2v) is 5.64. The summed E-state index contributed by atoms with van der Waals surface area (Å²) in [5.41, 5.74) is 2.62. The Balaban J connectivity index is 0.000000771. The van der Waals surface area contributed by atoms with Gasteiger partial charge in [0.1, 0.15) is 11.5 Å². The number of rotatable bonds is 4. The number of phenols is 2. The van der Waals surface area contributed by atoms with Crippen LogP contribution in [-0.4, -0.2) is 33.7 Å². The maximum atomic E-state index is 9.79. The number of carboxylic acid groups (broad SMARTS) is 1. The van der Waals surface area contributed by atoms with Crippen LogP contribution < -0.4 is 0 Å². The molecule has 0 bridgehead atoms. The number of aliphatic imine (C=N–C) groups is 2. The number of aromatic hydroxyl groups is 2. The minimum atomic E-state index is -0.833. The Hall–Kier alpha value is -3.41. The van der Waals surface area contributed by atoms with Crippen molar-refractivity contribution in [2.45, 2.75) is 6.92 Å². The van der Waals surface area contributed by atoms with Crippen LogP contribution in [0.4, 0.5) is 11.4 Å². The van der Waals surface area contributed by atoms with Crippen molar-refractivity contribution in [1.29, 1.82) is 0 Å². The predicted molar refractivity (Wildman–Crippen MR) is 110 cm³/mol. The Morgan fingerprint density at radius 1 is 0.724 bits per heavy atom. The van der Waals surface area contributed by atoms with Crippen LogP contribution in [0.15, 0.2) is 82.8 Å². The molecule has 1 radical (unpaired) electrons. The summed E-state index contributed by atoms with van der Waals surface area (Å²) in [5, 5.41) is 27.0. The molecule has 3 N–H and O–H groups in total. The first-order valence-electron chi connectivity index (χ1n) is 8.40. The van der Waals surface area contributed by atoms with E-state index in [9.17, 15) is 10.2 Å². The van der Waals surface area contributed by atoms with Gasteiger partial charge in [-0.25, -0.2) is 0 Å². The van der Waals surface area contributed by atoms with Gasteiger partial charge in [-0.1, -0.05) is 36.4 Å². The van der Waals surface area contributed by atoms with E-state index in [4.69, 9.17) is 9.90 Å². The van der Waals surface area contributed by atoms with Gasteiger partial charge in [-0.15, -0.1) is 0 Å². The number of phenolic OH excluding ortho intramolecular Hbond substituents is 2. The van der Waals surface area contributed by atoms with Gasteiger partial charge >= 0.3 is 17.1 Å². The standard InChI is InChI=1S/C20H16N2O2.C2H4O2.Mn/c23-19-11-5-1-7-15(19)13-21-17-9-3-4-10-18(17)22-14-16-8-2-6-12-20(16)24;1-2(3)4;/h1-14,23-24H;1H3,(H,3,4);/q;;+2. The van der Waals surface area contributed by atoms with E-state index in [2.05, 4.69) is 9.98 Å². The van der Waals surface area contributed by atoms with Crippen LogP contribution >= 0.6 is 0 Å². The third-order valence-corrected chi connectivity index (χ3v) is 3.44. The van der Waals surface area contributed by atoms with Crippen LogP contribution in [-0.2, 0) is 21.9 Å². The van der Waals surface area contributed by atoms with Gasteiger partial charge in [-0.05, 0) is 36.4 Å². The summed E-state index contributed by atoms with van der Waals surface area (Å²) in [5.74, 6) is -0.479. The van der Waals surface area contributed by atoms with Crippen LogP contribution in [0.5, 0.6) is 11.5 Å². The Morgan fingerprint density at radius 3 is 1.38 bits per heavy atom. The second-order valence-electron chi connectivity index (χ2n) is 5.64. The number of carboxylic acids is 1. The monoisotopic (exact) mass is 431 g/mol. The van der Waals surface area contributed by atoms with Gasteiger partial charge in [-0.2, -0.15) is 0 Å². The Labute approximate surface area is 179 Å².